The normalized spacial score (nSPS) is 15.1. The fourth-order valence-electron chi connectivity index (χ4n) is 6.35. The Morgan fingerprint density at radius 1 is 1.00 bits per heavy atom. The molecule has 47 heavy (non-hydrogen) atoms. The van der Waals surface area contributed by atoms with Gasteiger partial charge in [0.1, 0.15) is 17.2 Å². The molecular weight excluding hydrogens is 627 g/mol. The minimum atomic E-state index is -1.29. The van der Waals surface area contributed by atoms with Crippen molar-refractivity contribution in [3.8, 4) is 0 Å². The molecule has 2 aliphatic rings. The van der Waals surface area contributed by atoms with Gasteiger partial charge in [-0.05, 0) is 81.0 Å². The number of benzene rings is 2. The van der Waals surface area contributed by atoms with Gasteiger partial charge >= 0.3 is 11.7 Å². The molecule has 0 spiro atoms. The summed E-state index contributed by atoms with van der Waals surface area (Å²) in [6.45, 7) is 7.81. The molecule has 1 saturated heterocycles. The molecule has 3 heterocycles. The van der Waals surface area contributed by atoms with Crippen LogP contribution in [-0.4, -0.2) is 63.2 Å². The summed E-state index contributed by atoms with van der Waals surface area (Å²) in [6, 6.07) is 10.1. The molecule has 1 aliphatic heterocycles. The van der Waals surface area contributed by atoms with Gasteiger partial charge in [0.15, 0.2) is 0 Å². The zero-order valence-corrected chi connectivity index (χ0v) is 27.3. The van der Waals surface area contributed by atoms with E-state index in [-0.39, 0.29) is 34.8 Å². The molecule has 4 N–H and O–H groups in total. The Kier molecular flexibility index (Phi) is 10.2. The Morgan fingerprint density at radius 2 is 1.72 bits per heavy atom. The number of unbranched alkanes of at least 4 members (excludes halogenated alkanes) is 1. The van der Waals surface area contributed by atoms with E-state index in [0.717, 1.165) is 44.0 Å². The average Bonchev–Trinajstić information content (AvgIpc) is 3.87. The predicted octanol–water partition coefficient (Wildman–Crippen LogP) is 4.73. The number of rotatable bonds is 11. The van der Waals surface area contributed by atoms with Crippen molar-refractivity contribution in [3.05, 3.63) is 95.7 Å². The van der Waals surface area contributed by atoms with Crippen LogP contribution in [0.5, 0.6) is 0 Å². The van der Waals surface area contributed by atoms with Gasteiger partial charge < -0.3 is 20.3 Å². The number of fused-ring (bicyclic) bond motifs is 1. The molecule has 6 rings (SSSR count). The highest BCUT2D eigenvalue weighted by Crippen LogP contribution is 2.41. The lowest BCUT2D eigenvalue weighted by molar-refractivity contribution is 0.0694. The molecule has 0 atom stereocenters. The molecular formula is C34H40ClFN6O5. The lowest BCUT2D eigenvalue weighted by atomic mass is 10.0. The first kappa shape index (κ1) is 33.9. The highest BCUT2D eigenvalue weighted by atomic mass is 35.5. The second-order valence-corrected chi connectivity index (χ2v) is 12.3. The highest BCUT2D eigenvalue weighted by molar-refractivity contribution is 5.95. The van der Waals surface area contributed by atoms with Gasteiger partial charge in [-0.2, -0.15) is 0 Å². The van der Waals surface area contributed by atoms with Crippen LogP contribution in [0.4, 0.5) is 21.6 Å². The van der Waals surface area contributed by atoms with E-state index < -0.39 is 22.9 Å². The number of carboxylic acid groups (broad SMARTS) is 1. The van der Waals surface area contributed by atoms with Crippen molar-refractivity contribution in [3.63, 3.8) is 0 Å². The number of nitrogens with one attached hydrogen (secondary N) is 3. The molecule has 0 bridgehead atoms. The summed E-state index contributed by atoms with van der Waals surface area (Å²) in [4.78, 5) is 60.3. The third-order valence-corrected chi connectivity index (χ3v) is 9.15. The fraction of sp³-hybridized carbons (Fsp3) is 0.412. The number of anilines is 3. The first-order chi connectivity index (χ1) is 22.1. The second-order valence-electron chi connectivity index (χ2n) is 12.3. The van der Waals surface area contributed by atoms with Gasteiger partial charge in [-0.1, -0.05) is 13.0 Å². The number of carbonyl (C=O) groups is 1. The highest BCUT2D eigenvalue weighted by Gasteiger charge is 2.32. The SMILES string of the molecule is CCc1cc(Nc2cc(=O)n(CCCCN3CCN(c4cc5[nH]c(C6CC6)c(C(=O)O)c(=O)c5cc4F)CC3)c(=O)[nH]2)ccc1C.Cl. The van der Waals surface area contributed by atoms with Crippen LogP contribution in [0.15, 0.2) is 50.8 Å². The molecule has 2 aromatic carbocycles. The number of pyridine rings is 1. The van der Waals surface area contributed by atoms with Gasteiger partial charge in [0.25, 0.3) is 5.56 Å². The van der Waals surface area contributed by atoms with E-state index in [1.807, 2.05) is 23.1 Å². The first-order valence-corrected chi connectivity index (χ1v) is 15.9. The lowest BCUT2D eigenvalue weighted by Crippen LogP contribution is -2.47. The Hall–Kier alpha value is -4.42. The molecule has 11 nitrogen and oxygen atoms in total. The molecule has 1 saturated carbocycles. The number of nitrogens with zero attached hydrogens (tertiary/aromatic N) is 3. The molecule has 1 aliphatic carbocycles. The largest absolute Gasteiger partial charge is 0.477 e. The molecule has 0 radical (unpaired) electrons. The van der Waals surface area contributed by atoms with Crippen molar-refractivity contribution in [1.29, 1.82) is 0 Å². The van der Waals surface area contributed by atoms with Crippen LogP contribution < -0.4 is 26.9 Å². The van der Waals surface area contributed by atoms with E-state index in [4.69, 9.17) is 0 Å². The molecule has 0 amide bonds. The lowest BCUT2D eigenvalue weighted by Gasteiger charge is -2.36. The van der Waals surface area contributed by atoms with Gasteiger partial charge in [-0.3, -0.25) is 24.0 Å². The average molecular weight is 667 g/mol. The van der Waals surface area contributed by atoms with E-state index in [1.165, 1.54) is 21.8 Å². The van der Waals surface area contributed by atoms with Gasteiger partial charge in [-0.25, -0.2) is 14.0 Å². The van der Waals surface area contributed by atoms with Crippen molar-refractivity contribution in [2.24, 2.45) is 0 Å². The van der Waals surface area contributed by atoms with E-state index in [0.29, 0.717) is 61.9 Å². The van der Waals surface area contributed by atoms with Crippen molar-refractivity contribution < 1.29 is 14.3 Å². The van der Waals surface area contributed by atoms with Gasteiger partial charge in [0.2, 0.25) is 5.43 Å². The fourth-order valence-corrected chi connectivity index (χ4v) is 6.35. The maximum Gasteiger partial charge on any atom is 0.341 e. The molecule has 4 aromatic rings. The number of aryl methyl sites for hydroxylation is 2. The predicted molar refractivity (Wildman–Crippen MR) is 184 cm³/mol. The zero-order valence-electron chi connectivity index (χ0n) is 26.5. The minimum Gasteiger partial charge on any atom is -0.477 e. The Morgan fingerprint density at radius 3 is 2.38 bits per heavy atom. The number of aromatic carboxylic acids is 1. The van der Waals surface area contributed by atoms with Crippen LogP contribution in [0.3, 0.4) is 0 Å². The summed E-state index contributed by atoms with van der Waals surface area (Å²) in [5.74, 6) is -1.47. The van der Waals surface area contributed by atoms with Gasteiger partial charge in [-0.15, -0.1) is 12.4 Å². The number of aromatic nitrogens is 3. The van der Waals surface area contributed by atoms with Crippen LogP contribution in [-0.2, 0) is 13.0 Å². The van der Waals surface area contributed by atoms with Crippen LogP contribution in [0, 0.1) is 12.7 Å². The Labute approximate surface area is 276 Å². The summed E-state index contributed by atoms with van der Waals surface area (Å²) >= 11 is 0. The van der Waals surface area contributed by atoms with Crippen molar-refractivity contribution in [1.82, 2.24) is 19.4 Å². The van der Waals surface area contributed by atoms with Gasteiger partial charge in [0.05, 0.1) is 11.2 Å². The van der Waals surface area contributed by atoms with Crippen LogP contribution >= 0.6 is 12.4 Å². The molecule has 13 heteroatoms. The second kappa shape index (κ2) is 14.1. The number of piperazine rings is 1. The quantitative estimate of drug-likeness (QED) is 0.168. The Bertz CT molecular complexity index is 1950. The maximum absolute atomic E-state index is 15.2. The number of aromatic amines is 2. The molecule has 2 fully saturated rings. The van der Waals surface area contributed by atoms with Crippen LogP contribution in [0.25, 0.3) is 10.9 Å². The standard InChI is InChI=1S/C34H39FN6O5.ClH/c1-3-21-16-23(9-6-20(21)2)36-28-19-29(42)41(34(46)38-28)11-5-4-10-39-12-14-40(15-13-39)27-18-26-24(17-25(27)35)32(43)30(33(44)45)31(37-26)22-7-8-22;/h6,9,16-19,22,36H,3-5,7-8,10-15H2,1-2H3,(H,37,43)(H,38,46)(H,44,45);1H. The van der Waals surface area contributed by atoms with E-state index in [9.17, 15) is 24.3 Å². The summed E-state index contributed by atoms with van der Waals surface area (Å²) in [7, 11) is 0. The van der Waals surface area contributed by atoms with E-state index in [1.54, 1.807) is 6.07 Å². The number of carboxylic acids is 1. The van der Waals surface area contributed by atoms with Crippen molar-refractivity contribution >= 4 is 46.5 Å². The monoisotopic (exact) mass is 666 g/mol. The van der Waals surface area contributed by atoms with E-state index >= 15 is 4.39 Å². The number of hydrogen-bond donors (Lipinski definition) is 4. The summed E-state index contributed by atoms with van der Waals surface area (Å²) in [5.41, 5.74) is 2.72. The zero-order chi connectivity index (χ0) is 32.5. The Balaban J connectivity index is 0.00000433. The molecule has 250 valence electrons. The first-order valence-electron chi connectivity index (χ1n) is 15.9. The number of hydrogen-bond acceptors (Lipinski definition) is 7. The van der Waals surface area contributed by atoms with Crippen molar-refractivity contribution in [2.75, 3.05) is 42.9 Å². The minimum absolute atomic E-state index is 0. The molecule has 0 unspecified atom stereocenters. The summed E-state index contributed by atoms with van der Waals surface area (Å²) in [5, 5.41) is 12.8. The third kappa shape index (κ3) is 7.28. The van der Waals surface area contributed by atoms with Crippen LogP contribution in [0.2, 0.25) is 0 Å². The maximum atomic E-state index is 15.2. The topological polar surface area (TPSA) is 144 Å². The number of H-pyrrole nitrogens is 2. The van der Waals surface area contributed by atoms with Gasteiger partial charge in [0, 0.05) is 61.5 Å². The molecule has 2 aromatic heterocycles. The summed E-state index contributed by atoms with van der Waals surface area (Å²) in [6.07, 6.45) is 3.98. The van der Waals surface area contributed by atoms with Crippen molar-refractivity contribution in [2.45, 2.75) is 58.4 Å². The van der Waals surface area contributed by atoms with E-state index in [2.05, 4.69) is 34.0 Å². The smallest absolute Gasteiger partial charge is 0.341 e. The summed E-state index contributed by atoms with van der Waals surface area (Å²) < 4.78 is 16.4. The number of halogens is 2. The van der Waals surface area contributed by atoms with Crippen LogP contribution in [0.1, 0.15) is 65.7 Å². The third-order valence-electron chi connectivity index (χ3n) is 9.15.